The summed E-state index contributed by atoms with van der Waals surface area (Å²) in [5, 5.41) is 17.5. The van der Waals surface area contributed by atoms with E-state index in [1.165, 1.54) is 0 Å². The van der Waals surface area contributed by atoms with Gasteiger partial charge in [0.15, 0.2) is 5.84 Å². The number of anilines is 1. The molecule has 2 rings (SSSR count). The van der Waals surface area contributed by atoms with Crippen LogP contribution in [0.4, 0.5) is 10.5 Å². The summed E-state index contributed by atoms with van der Waals surface area (Å²) in [6, 6.07) is 5.96. The Bertz CT molecular complexity index is 502. The largest absolute Gasteiger partial charge is 0.409 e. The number of nitrogens with two attached hydrogens (primary N) is 1. The number of amides is 2. The normalized spacial score (nSPS) is 16.8. The number of rotatable bonds is 4. The highest BCUT2D eigenvalue weighted by Crippen LogP contribution is 2.32. The molecule has 0 aromatic heterocycles. The molecule has 1 aromatic carbocycles. The Morgan fingerprint density at radius 2 is 2.26 bits per heavy atom. The summed E-state index contributed by atoms with van der Waals surface area (Å²) in [5.74, 6) is 0.254. The first kappa shape index (κ1) is 13.5. The van der Waals surface area contributed by atoms with Crippen LogP contribution < -0.4 is 16.4 Å². The summed E-state index contributed by atoms with van der Waals surface area (Å²) in [5.41, 5.74) is 6.14. The SMILES string of the molecule is NC(=NO)C(NC(=O)Nc1cccc(Cl)c1)C1CC1. The zero-order chi connectivity index (χ0) is 13.8. The Balaban J connectivity index is 1.96. The zero-order valence-corrected chi connectivity index (χ0v) is 10.9. The number of urea groups is 1. The molecule has 0 aliphatic heterocycles. The summed E-state index contributed by atoms with van der Waals surface area (Å²) in [6.45, 7) is 0. The molecular weight excluding hydrogens is 268 g/mol. The van der Waals surface area contributed by atoms with Gasteiger partial charge in [0, 0.05) is 10.7 Å². The van der Waals surface area contributed by atoms with E-state index in [1.807, 2.05) is 0 Å². The fourth-order valence-corrected chi connectivity index (χ4v) is 1.99. The van der Waals surface area contributed by atoms with Gasteiger partial charge >= 0.3 is 6.03 Å². The van der Waals surface area contributed by atoms with Crippen molar-refractivity contribution in [2.45, 2.75) is 18.9 Å². The van der Waals surface area contributed by atoms with E-state index in [0.29, 0.717) is 10.7 Å². The van der Waals surface area contributed by atoms with Gasteiger partial charge in [-0.15, -0.1) is 0 Å². The van der Waals surface area contributed by atoms with Crippen molar-refractivity contribution in [3.63, 3.8) is 0 Å². The van der Waals surface area contributed by atoms with Crippen molar-refractivity contribution in [1.29, 1.82) is 0 Å². The number of nitrogens with zero attached hydrogens (tertiary/aromatic N) is 1. The second-order valence-corrected chi connectivity index (χ2v) is 4.89. The van der Waals surface area contributed by atoms with Crippen LogP contribution in [-0.4, -0.2) is 23.1 Å². The molecule has 5 N–H and O–H groups in total. The van der Waals surface area contributed by atoms with Gasteiger partial charge in [0.1, 0.15) is 0 Å². The molecule has 1 aliphatic rings. The average Bonchev–Trinajstić information content (AvgIpc) is 3.19. The van der Waals surface area contributed by atoms with E-state index in [2.05, 4.69) is 15.8 Å². The van der Waals surface area contributed by atoms with Crippen molar-refractivity contribution in [3.8, 4) is 0 Å². The Labute approximate surface area is 115 Å². The van der Waals surface area contributed by atoms with E-state index in [4.69, 9.17) is 22.5 Å². The summed E-state index contributed by atoms with van der Waals surface area (Å²) in [7, 11) is 0. The Morgan fingerprint density at radius 3 is 2.84 bits per heavy atom. The molecule has 1 aliphatic carbocycles. The minimum Gasteiger partial charge on any atom is -0.409 e. The van der Waals surface area contributed by atoms with E-state index in [9.17, 15) is 4.79 Å². The molecule has 1 unspecified atom stereocenters. The molecule has 1 aromatic rings. The van der Waals surface area contributed by atoms with E-state index in [0.717, 1.165) is 12.8 Å². The van der Waals surface area contributed by atoms with Gasteiger partial charge in [-0.3, -0.25) is 0 Å². The van der Waals surface area contributed by atoms with E-state index in [1.54, 1.807) is 24.3 Å². The molecule has 102 valence electrons. The lowest BCUT2D eigenvalue weighted by Crippen LogP contribution is -2.47. The number of benzene rings is 1. The van der Waals surface area contributed by atoms with Crippen LogP contribution in [0.5, 0.6) is 0 Å². The number of nitrogens with one attached hydrogen (secondary N) is 2. The van der Waals surface area contributed by atoms with Gasteiger partial charge in [-0.05, 0) is 37.0 Å². The molecule has 0 spiro atoms. The molecule has 6 nitrogen and oxygen atoms in total. The Kier molecular flexibility index (Phi) is 4.11. The van der Waals surface area contributed by atoms with E-state index < -0.39 is 12.1 Å². The number of carbonyl (C=O) groups is 1. The van der Waals surface area contributed by atoms with Crippen LogP contribution in [0, 0.1) is 5.92 Å². The number of halogens is 1. The van der Waals surface area contributed by atoms with Crippen LogP contribution in [-0.2, 0) is 0 Å². The van der Waals surface area contributed by atoms with Crippen molar-refractivity contribution in [2.75, 3.05) is 5.32 Å². The molecule has 1 saturated carbocycles. The third-order valence-electron chi connectivity index (χ3n) is 2.90. The van der Waals surface area contributed by atoms with Gasteiger partial charge in [0.05, 0.1) is 6.04 Å². The first-order valence-electron chi connectivity index (χ1n) is 5.90. The third kappa shape index (κ3) is 3.75. The van der Waals surface area contributed by atoms with Crippen LogP contribution in [0.2, 0.25) is 5.02 Å². The van der Waals surface area contributed by atoms with Crippen LogP contribution in [0.15, 0.2) is 29.4 Å². The first-order valence-corrected chi connectivity index (χ1v) is 6.28. The highest BCUT2D eigenvalue weighted by molar-refractivity contribution is 6.30. The molecule has 1 atom stereocenters. The van der Waals surface area contributed by atoms with Gasteiger partial charge < -0.3 is 21.6 Å². The highest BCUT2D eigenvalue weighted by Gasteiger charge is 2.35. The van der Waals surface area contributed by atoms with Gasteiger partial charge in [0.2, 0.25) is 0 Å². The standard InChI is InChI=1S/C12H15ClN4O2/c13-8-2-1-3-9(6-8)15-12(18)16-10(7-4-5-7)11(14)17-19/h1-3,6-7,10,19H,4-5H2,(H2,14,17)(H2,15,16,18). The van der Waals surface area contributed by atoms with Gasteiger partial charge in [0.25, 0.3) is 0 Å². The van der Waals surface area contributed by atoms with Crippen molar-refractivity contribution in [3.05, 3.63) is 29.3 Å². The predicted octanol–water partition coefficient (Wildman–Crippen LogP) is 1.99. The summed E-state index contributed by atoms with van der Waals surface area (Å²) in [6.07, 6.45) is 1.91. The Hall–Kier alpha value is -1.95. The molecule has 0 saturated heterocycles. The van der Waals surface area contributed by atoms with E-state index >= 15 is 0 Å². The summed E-state index contributed by atoms with van der Waals surface area (Å²) >= 11 is 5.82. The minimum atomic E-state index is -0.441. The number of hydrogen-bond acceptors (Lipinski definition) is 3. The fourth-order valence-electron chi connectivity index (χ4n) is 1.80. The third-order valence-corrected chi connectivity index (χ3v) is 3.13. The summed E-state index contributed by atoms with van der Waals surface area (Å²) < 4.78 is 0. The topological polar surface area (TPSA) is 99.7 Å². The zero-order valence-electron chi connectivity index (χ0n) is 10.1. The van der Waals surface area contributed by atoms with Gasteiger partial charge in [-0.25, -0.2) is 4.79 Å². The van der Waals surface area contributed by atoms with E-state index in [-0.39, 0.29) is 11.8 Å². The monoisotopic (exact) mass is 282 g/mol. The van der Waals surface area contributed by atoms with Crippen LogP contribution >= 0.6 is 11.6 Å². The first-order chi connectivity index (χ1) is 9.10. The number of hydrogen-bond donors (Lipinski definition) is 4. The van der Waals surface area contributed by atoms with Crippen LogP contribution in [0.1, 0.15) is 12.8 Å². The van der Waals surface area contributed by atoms with Crippen molar-refractivity contribution in [1.82, 2.24) is 5.32 Å². The summed E-state index contributed by atoms with van der Waals surface area (Å²) in [4.78, 5) is 11.8. The average molecular weight is 283 g/mol. The van der Waals surface area contributed by atoms with Crippen molar-refractivity contribution < 1.29 is 10.0 Å². The maximum atomic E-state index is 11.8. The molecule has 0 heterocycles. The van der Waals surface area contributed by atoms with Crippen LogP contribution in [0.3, 0.4) is 0 Å². The fraction of sp³-hybridized carbons (Fsp3) is 0.333. The second kappa shape index (κ2) is 5.79. The maximum Gasteiger partial charge on any atom is 0.319 e. The van der Waals surface area contributed by atoms with Crippen molar-refractivity contribution >= 4 is 29.2 Å². The smallest absolute Gasteiger partial charge is 0.319 e. The number of oxime groups is 1. The molecule has 2 amide bonds. The molecule has 0 radical (unpaired) electrons. The minimum absolute atomic E-state index is 0.0174. The quantitative estimate of drug-likeness (QED) is 0.294. The second-order valence-electron chi connectivity index (χ2n) is 4.45. The van der Waals surface area contributed by atoms with Crippen LogP contribution in [0.25, 0.3) is 0 Å². The number of carbonyl (C=O) groups excluding carboxylic acids is 1. The lowest BCUT2D eigenvalue weighted by atomic mass is 10.2. The molecule has 7 heteroatoms. The molecule has 19 heavy (non-hydrogen) atoms. The lowest BCUT2D eigenvalue weighted by Gasteiger charge is -2.17. The maximum absolute atomic E-state index is 11.8. The molecule has 0 bridgehead atoms. The van der Waals surface area contributed by atoms with Gasteiger partial charge in [-0.2, -0.15) is 0 Å². The lowest BCUT2D eigenvalue weighted by molar-refractivity contribution is 0.249. The van der Waals surface area contributed by atoms with Gasteiger partial charge in [-0.1, -0.05) is 22.8 Å². The highest BCUT2D eigenvalue weighted by atomic mass is 35.5. The Morgan fingerprint density at radius 1 is 1.53 bits per heavy atom. The molecule has 1 fully saturated rings. The number of amidine groups is 1. The predicted molar refractivity (Wildman–Crippen MR) is 73.5 cm³/mol. The van der Waals surface area contributed by atoms with Crippen molar-refractivity contribution in [2.24, 2.45) is 16.8 Å². The molecular formula is C12H15ClN4O2.